The van der Waals surface area contributed by atoms with Gasteiger partial charge in [-0.25, -0.2) is 8.42 Å². The van der Waals surface area contributed by atoms with Gasteiger partial charge in [0.05, 0.1) is 5.92 Å². The van der Waals surface area contributed by atoms with Crippen molar-refractivity contribution in [3.05, 3.63) is 75.9 Å². The largest absolute Gasteiger partial charge is 0.355 e. The van der Waals surface area contributed by atoms with E-state index in [4.69, 9.17) is 4.52 Å². The van der Waals surface area contributed by atoms with Crippen molar-refractivity contribution in [3.8, 4) is 0 Å². The van der Waals surface area contributed by atoms with Gasteiger partial charge in [0.15, 0.2) is 10.7 Å². The number of rotatable bonds is 7. The monoisotopic (exact) mass is 508 g/mol. The molecule has 1 atom stereocenters. The molecule has 8 nitrogen and oxygen atoms in total. The van der Waals surface area contributed by atoms with Crippen LogP contribution in [0.25, 0.3) is 12.2 Å². The smallest absolute Gasteiger partial charge is 0.248 e. The lowest BCUT2D eigenvalue weighted by Gasteiger charge is -2.31. The summed E-state index contributed by atoms with van der Waals surface area (Å²) in [7, 11) is -3.91. The van der Waals surface area contributed by atoms with Crippen LogP contribution in [0.3, 0.4) is 0 Å². The molecular formula is C27H32N4O4S. The standard InChI is InChI=1S/C27H32N4O4S/c1-18-13-19(2)24(20(3)14-18)9-10-25-26(21(4)30-35-25)36(33,34)31-12-6-8-23(17-31)27(32)29-16-22-7-5-11-28-15-22/h5,7,9-11,13-15,23H,6,8,12,16-17H2,1-4H3,(H,29,32)/b10-9+. The summed E-state index contributed by atoms with van der Waals surface area (Å²) in [6.45, 7) is 8.53. The second-order valence-corrected chi connectivity index (χ2v) is 11.3. The summed E-state index contributed by atoms with van der Waals surface area (Å²) in [5.41, 5.74) is 5.57. The van der Waals surface area contributed by atoms with Crippen molar-refractivity contribution < 1.29 is 17.7 Å². The van der Waals surface area contributed by atoms with Crippen molar-refractivity contribution in [2.75, 3.05) is 13.1 Å². The predicted octanol–water partition coefficient (Wildman–Crippen LogP) is 4.19. The van der Waals surface area contributed by atoms with Gasteiger partial charge in [-0.1, -0.05) is 35.0 Å². The minimum Gasteiger partial charge on any atom is -0.355 e. The maximum Gasteiger partial charge on any atom is 0.248 e. The van der Waals surface area contributed by atoms with Crippen LogP contribution in [0.2, 0.25) is 0 Å². The van der Waals surface area contributed by atoms with Crippen molar-refractivity contribution in [2.45, 2.75) is 52.0 Å². The molecule has 3 heterocycles. The second kappa shape index (κ2) is 10.8. The molecule has 1 aromatic carbocycles. The van der Waals surface area contributed by atoms with Gasteiger partial charge in [-0.15, -0.1) is 0 Å². The maximum absolute atomic E-state index is 13.7. The number of nitrogens with zero attached hydrogens (tertiary/aromatic N) is 3. The topological polar surface area (TPSA) is 105 Å². The molecule has 2 aromatic heterocycles. The molecular weight excluding hydrogens is 476 g/mol. The number of amides is 1. The number of carbonyl (C=O) groups excluding carboxylic acids is 1. The average Bonchev–Trinajstić information content (AvgIpc) is 3.23. The van der Waals surface area contributed by atoms with Crippen molar-refractivity contribution in [1.82, 2.24) is 19.8 Å². The molecule has 0 spiro atoms. The lowest BCUT2D eigenvalue weighted by molar-refractivity contribution is -0.126. The first-order valence-corrected chi connectivity index (χ1v) is 13.5. The molecule has 1 aliphatic heterocycles. The highest BCUT2D eigenvalue weighted by atomic mass is 32.2. The van der Waals surface area contributed by atoms with Crippen LogP contribution in [0.5, 0.6) is 0 Å². The van der Waals surface area contributed by atoms with Crippen LogP contribution in [0.15, 0.2) is 46.1 Å². The van der Waals surface area contributed by atoms with Crippen LogP contribution in [0.1, 0.15) is 52.1 Å². The number of pyridine rings is 1. The van der Waals surface area contributed by atoms with Gasteiger partial charge >= 0.3 is 0 Å². The maximum atomic E-state index is 13.7. The zero-order valence-corrected chi connectivity index (χ0v) is 21.9. The Bertz CT molecular complexity index is 1360. The molecule has 36 heavy (non-hydrogen) atoms. The van der Waals surface area contributed by atoms with Crippen LogP contribution in [-0.2, 0) is 21.4 Å². The Morgan fingerprint density at radius 1 is 1.19 bits per heavy atom. The molecule has 0 saturated carbocycles. The Labute approximate surface area is 212 Å². The van der Waals surface area contributed by atoms with Crippen molar-refractivity contribution in [3.63, 3.8) is 0 Å². The van der Waals surface area contributed by atoms with E-state index in [1.54, 1.807) is 25.4 Å². The summed E-state index contributed by atoms with van der Waals surface area (Å²) in [6.07, 6.45) is 8.14. The van der Waals surface area contributed by atoms with Crippen LogP contribution >= 0.6 is 0 Å². The number of sulfonamides is 1. The summed E-state index contributed by atoms with van der Waals surface area (Å²) in [4.78, 5) is 16.9. The van der Waals surface area contributed by atoms with E-state index in [2.05, 4.69) is 27.6 Å². The lowest BCUT2D eigenvalue weighted by Crippen LogP contribution is -2.45. The van der Waals surface area contributed by atoms with Gasteiger partial charge in [-0.05, 0) is 74.9 Å². The molecule has 190 valence electrons. The fourth-order valence-corrected chi connectivity index (χ4v) is 6.53. The third-order valence-corrected chi connectivity index (χ3v) is 8.54. The molecule has 4 rings (SSSR count). The Balaban J connectivity index is 1.52. The van der Waals surface area contributed by atoms with Gasteiger partial charge in [0.25, 0.3) is 0 Å². The van der Waals surface area contributed by atoms with E-state index in [1.165, 1.54) is 9.87 Å². The van der Waals surface area contributed by atoms with Crippen molar-refractivity contribution >= 4 is 28.1 Å². The molecule has 1 N–H and O–H groups in total. The zero-order valence-electron chi connectivity index (χ0n) is 21.1. The SMILES string of the molecule is Cc1cc(C)c(/C=C/c2onc(C)c2S(=O)(=O)N2CCCC(C(=O)NCc3cccnc3)C2)c(C)c1. The first kappa shape index (κ1) is 25.8. The van der Waals surface area contributed by atoms with Gasteiger partial charge < -0.3 is 9.84 Å². The third-order valence-electron chi connectivity index (χ3n) is 6.52. The van der Waals surface area contributed by atoms with Gasteiger partial charge in [0, 0.05) is 32.0 Å². The van der Waals surface area contributed by atoms with Gasteiger partial charge in [-0.3, -0.25) is 9.78 Å². The van der Waals surface area contributed by atoms with E-state index in [0.29, 0.717) is 31.6 Å². The Morgan fingerprint density at radius 2 is 1.94 bits per heavy atom. The number of carbonyl (C=O) groups is 1. The van der Waals surface area contributed by atoms with Gasteiger partial charge in [0.2, 0.25) is 15.9 Å². The highest BCUT2D eigenvalue weighted by Gasteiger charge is 2.36. The minimum absolute atomic E-state index is 0.0533. The van der Waals surface area contributed by atoms with Crippen LogP contribution < -0.4 is 5.32 Å². The Hall–Kier alpha value is -3.30. The summed E-state index contributed by atoms with van der Waals surface area (Å²) in [5.74, 6) is -0.400. The summed E-state index contributed by atoms with van der Waals surface area (Å²) in [6, 6.07) is 7.87. The molecule has 1 unspecified atom stereocenters. The van der Waals surface area contributed by atoms with Crippen molar-refractivity contribution in [1.29, 1.82) is 0 Å². The molecule has 3 aromatic rings. The first-order valence-electron chi connectivity index (χ1n) is 12.1. The van der Waals surface area contributed by atoms with E-state index >= 15 is 0 Å². The molecule has 1 aliphatic rings. The normalized spacial score (nSPS) is 16.9. The number of benzene rings is 1. The Morgan fingerprint density at radius 3 is 2.64 bits per heavy atom. The highest BCUT2D eigenvalue weighted by Crippen LogP contribution is 2.30. The summed E-state index contributed by atoms with van der Waals surface area (Å²) >= 11 is 0. The molecule has 0 aliphatic carbocycles. The number of aromatic nitrogens is 2. The number of hydrogen-bond donors (Lipinski definition) is 1. The molecule has 1 fully saturated rings. The zero-order chi connectivity index (χ0) is 25.9. The molecule has 1 amide bonds. The molecule has 0 bridgehead atoms. The second-order valence-electron chi connectivity index (χ2n) is 9.39. The molecule has 9 heteroatoms. The third kappa shape index (κ3) is 5.57. The van der Waals surface area contributed by atoms with E-state index in [0.717, 1.165) is 22.3 Å². The minimum atomic E-state index is -3.91. The van der Waals surface area contributed by atoms with E-state index in [1.807, 2.05) is 39.0 Å². The van der Waals surface area contributed by atoms with Crippen LogP contribution in [0.4, 0.5) is 0 Å². The predicted molar refractivity (Wildman–Crippen MR) is 138 cm³/mol. The summed E-state index contributed by atoms with van der Waals surface area (Å²) in [5, 5.41) is 6.86. The van der Waals surface area contributed by atoms with Gasteiger partial charge in [0.1, 0.15) is 5.69 Å². The highest BCUT2D eigenvalue weighted by molar-refractivity contribution is 7.89. The first-order chi connectivity index (χ1) is 17.2. The van der Waals surface area contributed by atoms with E-state index in [9.17, 15) is 13.2 Å². The lowest BCUT2D eigenvalue weighted by atomic mass is 9.99. The Kier molecular flexibility index (Phi) is 7.70. The van der Waals surface area contributed by atoms with E-state index in [-0.39, 0.29) is 23.1 Å². The summed E-state index contributed by atoms with van der Waals surface area (Å²) < 4.78 is 34.2. The quantitative estimate of drug-likeness (QED) is 0.513. The van der Waals surface area contributed by atoms with Crippen molar-refractivity contribution in [2.24, 2.45) is 5.92 Å². The van der Waals surface area contributed by atoms with Crippen LogP contribution in [-0.4, -0.2) is 41.9 Å². The van der Waals surface area contributed by atoms with Gasteiger partial charge in [-0.2, -0.15) is 4.31 Å². The fraction of sp³-hybridized carbons (Fsp3) is 0.370. The number of nitrogens with one attached hydrogen (secondary N) is 1. The number of hydrogen-bond acceptors (Lipinski definition) is 6. The van der Waals surface area contributed by atoms with E-state index < -0.39 is 15.9 Å². The van der Waals surface area contributed by atoms with Crippen LogP contribution in [0, 0.1) is 33.6 Å². The number of aryl methyl sites for hydroxylation is 4. The average molecular weight is 509 g/mol. The molecule has 1 saturated heterocycles. The molecule has 0 radical (unpaired) electrons. The fourth-order valence-electron chi connectivity index (χ4n) is 4.75. The number of piperidine rings is 1.